The van der Waals surface area contributed by atoms with Crippen LogP contribution in [0.1, 0.15) is 124 Å². The standard InChI is InChI=1S/C56H78N14O6S/c1-35(57-7)30-60-50(39-16-9-8-10-17-39)55(73)70-33-40(27-46(70)54(72)64-43-20-13-18-38-15-11-12-19-41(38)43)63-53(71)45-31-59-49(32-58-45)69-24-22-68(23-25-69)21-14-26-76-47-29-44-42(28-48(47)77(74,75)56(4,5)6)52(62-34-61-44)65-51-36(2)37(3)66-67-51/h11-12,15,19,28-29,31-32,34-35,39-40,43,46,50,57,60H,8-10,13-14,16-18,20-27,30,33H2,1-7H3,(H,63,71)(H,64,72)(H2,61,62,65,66,67)/t35-,40-,43+,46-,50-/m0/s1. The number of rotatable bonds is 19. The lowest BCUT2D eigenvalue weighted by atomic mass is 9.83. The van der Waals surface area contributed by atoms with E-state index in [4.69, 9.17) is 4.74 Å². The van der Waals surface area contributed by atoms with E-state index >= 15 is 0 Å². The molecule has 0 spiro atoms. The molecule has 0 bridgehead atoms. The normalized spacial score (nSPS) is 20.4. The van der Waals surface area contributed by atoms with Crippen LogP contribution in [0.25, 0.3) is 10.9 Å². The lowest BCUT2D eigenvalue weighted by molar-refractivity contribution is -0.141. The SMILES string of the molecule is CN[C@@H](C)CN[C@H](C(=O)N1C[C@@H](NC(=O)c2cnc(N3CCN(CCCOc4cc5ncnc(Nc6n[nH]c(C)c6C)c5cc4S(=O)(=O)C(C)(C)C)CC3)cn2)C[C@H]1C(=O)N[C@@H]1CCCc2ccccc21)C1CCCCC1. The third kappa shape index (κ3) is 12.7. The zero-order valence-corrected chi connectivity index (χ0v) is 46.6. The Labute approximate surface area is 453 Å². The Balaban J connectivity index is 0.803. The highest BCUT2D eigenvalue weighted by Gasteiger charge is 2.45. The number of benzene rings is 2. The molecule has 5 aromatic rings. The zero-order chi connectivity index (χ0) is 54.4. The van der Waals surface area contributed by atoms with Crippen molar-refractivity contribution in [3.05, 3.63) is 83.2 Å². The largest absolute Gasteiger partial charge is 0.492 e. The molecule has 2 saturated heterocycles. The second kappa shape index (κ2) is 24.2. The molecular formula is C56H78N14O6S. The molecule has 20 nitrogen and oxygen atoms in total. The van der Waals surface area contributed by atoms with E-state index in [0.29, 0.717) is 61.0 Å². The molecule has 3 amide bonds. The van der Waals surface area contributed by atoms with E-state index in [2.05, 4.69) is 85.6 Å². The molecule has 0 unspecified atom stereocenters. The number of H-pyrrole nitrogens is 1. The van der Waals surface area contributed by atoms with Crippen LogP contribution in [0.4, 0.5) is 17.5 Å². The molecule has 1 saturated carbocycles. The average molecular weight is 1080 g/mol. The van der Waals surface area contributed by atoms with Crippen molar-refractivity contribution in [3.63, 3.8) is 0 Å². The number of aromatic nitrogens is 6. The highest BCUT2D eigenvalue weighted by Crippen LogP contribution is 2.38. The lowest BCUT2D eigenvalue weighted by Gasteiger charge is -2.36. The molecule has 414 valence electrons. The number of nitrogens with one attached hydrogen (secondary N) is 6. The minimum absolute atomic E-state index is 0.0805. The summed E-state index contributed by atoms with van der Waals surface area (Å²) < 4.78 is 33.2. The summed E-state index contributed by atoms with van der Waals surface area (Å²) >= 11 is 0. The van der Waals surface area contributed by atoms with Crippen LogP contribution in [0.15, 0.2) is 60.0 Å². The van der Waals surface area contributed by atoms with Crippen molar-refractivity contribution >= 4 is 55.9 Å². The fourth-order valence-corrected chi connectivity index (χ4v) is 12.5. The molecule has 2 aliphatic carbocycles. The van der Waals surface area contributed by atoms with Crippen molar-refractivity contribution in [2.45, 2.75) is 146 Å². The first-order valence-electron chi connectivity index (χ1n) is 27.6. The number of aryl methyl sites for hydroxylation is 2. The van der Waals surface area contributed by atoms with E-state index in [1.54, 1.807) is 44.0 Å². The summed E-state index contributed by atoms with van der Waals surface area (Å²) in [5, 5.41) is 24.4. The second-order valence-electron chi connectivity index (χ2n) is 22.4. The summed E-state index contributed by atoms with van der Waals surface area (Å²) in [7, 11) is -1.93. The van der Waals surface area contributed by atoms with E-state index in [9.17, 15) is 22.8 Å². The smallest absolute Gasteiger partial charge is 0.271 e. The number of nitrogens with zero attached hydrogens (tertiary/aromatic N) is 8. The topological polar surface area (TPSA) is 245 Å². The second-order valence-corrected chi connectivity index (χ2v) is 25.1. The Morgan fingerprint density at radius 2 is 1.69 bits per heavy atom. The molecule has 9 rings (SSSR count). The number of carbonyl (C=O) groups is 3. The Kier molecular flexibility index (Phi) is 17.4. The third-order valence-corrected chi connectivity index (χ3v) is 18.7. The van der Waals surface area contributed by atoms with Crippen molar-refractivity contribution in [1.82, 2.24) is 61.2 Å². The molecule has 4 aliphatic rings. The monoisotopic (exact) mass is 1070 g/mol. The van der Waals surface area contributed by atoms with Crippen molar-refractivity contribution in [1.29, 1.82) is 0 Å². The quantitative estimate of drug-likeness (QED) is 0.0543. The van der Waals surface area contributed by atoms with Gasteiger partial charge in [0.05, 0.1) is 41.3 Å². The van der Waals surface area contributed by atoms with Crippen LogP contribution in [0, 0.1) is 19.8 Å². The maximum absolute atomic E-state index is 14.8. The van der Waals surface area contributed by atoms with Crippen LogP contribution in [0.2, 0.25) is 0 Å². The van der Waals surface area contributed by atoms with E-state index in [1.165, 1.54) is 18.1 Å². The van der Waals surface area contributed by atoms with E-state index < -0.39 is 38.6 Å². The zero-order valence-electron chi connectivity index (χ0n) is 45.8. The average Bonchev–Trinajstić information content (AvgIpc) is 4.01. The van der Waals surface area contributed by atoms with E-state index in [1.807, 2.05) is 33.0 Å². The van der Waals surface area contributed by atoms with Crippen LogP contribution < -0.4 is 36.2 Å². The number of ether oxygens (including phenoxy) is 1. The summed E-state index contributed by atoms with van der Waals surface area (Å²) in [6.45, 7) is 15.7. The van der Waals surface area contributed by atoms with Crippen molar-refractivity contribution in [3.8, 4) is 5.75 Å². The van der Waals surface area contributed by atoms with Gasteiger partial charge in [0.1, 0.15) is 40.3 Å². The predicted molar refractivity (Wildman–Crippen MR) is 297 cm³/mol. The number of likely N-dealkylation sites (tertiary alicyclic amines) is 1. The number of hydrogen-bond acceptors (Lipinski definition) is 16. The Hall–Kier alpha value is -6.29. The summed E-state index contributed by atoms with van der Waals surface area (Å²) in [5.41, 5.74) is 4.90. The molecule has 21 heteroatoms. The molecule has 2 aromatic carbocycles. The van der Waals surface area contributed by atoms with Gasteiger partial charge in [0.25, 0.3) is 5.91 Å². The van der Waals surface area contributed by atoms with E-state index in [-0.39, 0.29) is 59.1 Å². The maximum atomic E-state index is 14.8. The molecule has 3 fully saturated rings. The molecule has 2 aliphatic heterocycles. The number of aromatic amines is 1. The van der Waals surface area contributed by atoms with Crippen molar-refractivity contribution in [2.75, 3.05) is 69.7 Å². The van der Waals surface area contributed by atoms with Crippen molar-refractivity contribution < 1.29 is 27.5 Å². The minimum Gasteiger partial charge on any atom is -0.492 e. The number of hydrogen-bond donors (Lipinski definition) is 6. The first kappa shape index (κ1) is 55.5. The Morgan fingerprint density at radius 1 is 0.909 bits per heavy atom. The third-order valence-electron chi connectivity index (χ3n) is 16.2. The highest BCUT2D eigenvalue weighted by atomic mass is 32.2. The van der Waals surface area contributed by atoms with Gasteiger partial charge in [0, 0.05) is 80.6 Å². The highest BCUT2D eigenvalue weighted by molar-refractivity contribution is 7.92. The number of piperazine rings is 1. The molecule has 0 radical (unpaired) electrons. The molecule has 3 aromatic heterocycles. The lowest BCUT2D eigenvalue weighted by Crippen LogP contribution is -2.56. The molecule has 5 heterocycles. The number of anilines is 3. The summed E-state index contributed by atoms with van der Waals surface area (Å²) in [6, 6.07) is 9.89. The first-order chi connectivity index (χ1) is 37.0. The Morgan fingerprint density at radius 3 is 2.40 bits per heavy atom. The number of fused-ring (bicyclic) bond motifs is 2. The van der Waals surface area contributed by atoms with Gasteiger partial charge in [0.2, 0.25) is 11.8 Å². The number of sulfone groups is 1. The van der Waals surface area contributed by atoms with Gasteiger partial charge in [0.15, 0.2) is 15.7 Å². The fourth-order valence-electron chi connectivity index (χ4n) is 11.2. The van der Waals surface area contributed by atoms with Gasteiger partial charge in [-0.3, -0.25) is 24.4 Å². The van der Waals surface area contributed by atoms with Crippen LogP contribution in [-0.4, -0.2) is 154 Å². The van der Waals surface area contributed by atoms with Gasteiger partial charge in [-0.25, -0.2) is 28.4 Å². The fraction of sp³-hybridized carbons (Fsp3) is 0.571. The van der Waals surface area contributed by atoms with Gasteiger partial charge >= 0.3 is 0 Å². The van der Waals surface area contributed by atoms with Gasteiger partial charge in [-0.2, -0.15) is 5.10 Å². The predicted octanol–water partition coefficient (Wildman–Crippen LogP) is 5.71. The maximum Gasteiger partial charge on any atom is 0.271 e. The summed E-state index contributed by atoms with van der Waals surface area (Å²) in [4.78, 5) is 67.6. The Bertz CT molecular complexity index is 2990. The number of likely N-dealkylation sites (N-methyl/N-ethyl adjacent to an activating group) is 1. The van der Waals surface area contributed by atoms with E-state index in [0.717, 1.165) is 87.8 Å². The van der Waals surface area contributed by atoms with Crippen LogP contribution in [0.3, 0.4) is 0 Å². The van der Waals surface area contributed by atoms with Crippen LogP contribution in [0.5, 0.6) is 5.75 Å². The summed E-state index contributed by atoms with van der Waals surface area (Å²) in [6.07, 6.45) is 13.5. The van der Waals surface area contributed by atoms with Gasteiger partial charge in [-0.05, 0) is 117 Å². The van der Waals surface area contributed by atoms with Crippen LogP contribution >= 0.6 is 0 Å². The number of amides is 3. The van der Waals surface area contributed by atoms with Gasteiger partial charge in [-0.15, -0.1) is 0 Å². The van der Waals surface area contributed by atoms with Crippen LogP contribution in [-0.2, 0) is 25.8 Å². The molecule has 5 atom stereocenters. The summed E-state index contributed by atoms with van der Waals surface area (Å²) in [5.74, 6) is 1.43. The number of carbonyl (C=O) groups excluding carboxylic acids is 3. The molecule has 6 N–H and O–H groups in total. The van der Waals surface area contributed by atoms with Gasteiger partial charge < -0.3 is 41.1 Å². The molecular weight excluding hydrogens is 997 g/mol. The minimum atomic E-state index is -3.84. The molecule has 77 heavy (non-hydrogen) atoms. The van der Waals surface area contributed by atoms with Crippen molar-refractivity contribution in [2.24, 2.45) is 5.92 Å². The first-order valence-corrected chi connectivity index (χ1v) is 29.1. The van der Waals surface area contributed by atoms with Gasteiger partial charge in [-0.1, -0.05) is 43.5 Å².